The minimum absolute atomic E-state index is 0.0866. The van der Waals surface area contributed by atoms with E-state index >= 15 is 0 Å². The molecule has 0 saturated carbocycles. The molecule has 2 aromatic carbocycles. The number of methoxy groups -OCH3 is 1. The highest BCUT2D eigenvalue weighted by Gasteiger charge is 2.22. The summed E-state index contributed by atoms with van der Waals surface area (Å²) < 4.78 is 38.2. The third-order valence-corrected chi connectivity index (χ3v) is 8.30. The molecule has 0 unspecified atom stereocenters. The number of nitrogens with zero attached hydrogens (tertiary/aromatic N) is 4. The number of benzene rings is 2. The van der Waals surface area contributed by atoms with Crippen LogP contribution in [-0.4, -0.2) is 81.0 Å². The van der Waals surface area contributed by atoms with Gasteiger partial charge in [-0.1, -0.05) is 12.1 Å². The molecule has 2 heterocycles. The molecule has 0 radical (unpaired) electrons. The van der Waals surface area contributed by atoms with E-state index in [1.165, 1.54) is 27.3 Å². The Morgan fingerprint density at radius 2 is 1.84 bits per heavy atom. The van der Waals surface area contributed by atoms with Gasteiger partial charge in [0.25, 0.3) is 5.91 Å². The summed E-state index contributed by atoms with van der Waals surface area (Å²) in [5.74, 6) is 1.06. The van der Waals surface area contributed by atoms with Gasteiger partial charge in [0.2, 0.25) is 16.0 Å². The summed E-state index contributed by atoms with van der Waals surface area (Å²) in [5.41, 5.74) is 1.47. The Bertz CT molecular complexity index is 1400. The van der Waals surface area contributed by atoms with E-state index in [9.17, 15) is 13.2 Å². The Kier molecular flexibility index (Phi) is 8.46. The lowest BCUT2D eigenvalue weighted by atomic mass is 10.1. The number of hydrogen-bond donors (Lipinski definition) is 2. The van der Waals surface area contributed by atoms with Crippen LogP contribution in [0.3, 0.4) is 0 Å². The van der Waals surface area contributed by atoms with E-state index in [0.717, 1.165) is 4.31 Å². The summed E-state index contributed by atoms with van der Waals surface area (Å²) in [5, 5.41) is 6.24. The second kappa shape index (κ2) is 11.6. The van der Waals surface area contributed by atoms with E-state index in [1.54, 1.807) is 47.5 Å². The number of rotatable bonds is 8. The van der Waals surface area contributed by atoms with Gasteiger partial charge < -0.3 is 25.0 Å². The summed E-state index contributed by atoms with van der Waals surface area (Å²) in [6.45, 7) is 2.14. The molecule has 13 heteroatoms. The first-order valence-corrected chi connectivity index (χ1v) is 13.9. The molecule has 1 amide bonds. The highest BCUT2D eigenvalue weighted by atomic mass is 127. The van der Waals surface area contributed by atoms with Gasteiger partial charge in [-0.3, -0.25) is 4.79 Å². The Morgan fingerprint density at radius 1 is 1.11 bits per heavy atom. The van der Waals surface area contributed by atoms with Crippen LogP contribution in [0.15, 0.2) is 53.6 Å². The molecule has 2 N–H and O–H groups in total. The van der Waals surface area contributed by atoms with Gasteiger partial charge in [0.1, 0.15) is 16.5 Å². The lowest BCUT2D eigenvalue weighted by molar-refractivity contribution is 0.0302. The maximum absolute atomic E-state index is 12.8. The maximum atomic E-state index is 12.8. The second-order valence-corrected chi connectivity index (χ2v) is 11.5. The van der Waals surface area contributed by atoms with Gasteiger partial charge in [-0.15, -0.1) is 0 Å². The topological polar surface area (TPSA) is 126 Å². The predicted octanol–water partition coefficient (Wildman–Crippen LogP) is 3.30. The van der Waals surface area contributed by atoms with Crippen molar-refractivity contribution in [3.63, 3.8) is 0 Å². The SMILES string of the molecule is COc1cc(C(=O)N2CCOCC2)ccc1Nc1ncc(I)c(Nc2ccccc2S(=O)(=O)N(C)C)n1. The molecule has 1 saturated heterocycles. The minimum Gasteiger partial charge on any atom is -0.495 e. The van der Waals surface area contributed by atoms with Crippen LogP contribution in [0.25, 0.3) is 0 Å². The van der Waals surface area contributed by atoms with Crippen LogP contribution in [0, 0.1) is 3.57 Å². The largest absolute Gasteiger partial charge is 0.495 e. The predicted molar refractivity (Wildman–Crippen MR) is 148 cm³/mol. The lowest BCUT2D eigenvalue weighted by Crippen LogP contribution is -2.40. The smallest absolute Gasteiger partial charge is 0.254 e. The molecule has 3 aromatic rings. The van der Waals surface area contributed by atoms with Gasteiger partial charge in [0, 0.05) is 38.9 Å². The zero-order chi connectivity index (χ0) is 26.6. The van der Waals surface area contributed by atoms with E-state index in [-0.39, 0.29) is 16.8 Å². The lowest BCUT2D eigenvalue weighted by Gasteiger charge is -2.27. The van der Waals surface area contributed by atoms with Crippen molar-refractivity contribution < 1.29 is 22.7 Å². The van der Waals surface area contributed by atoms with Crippen molar-refractivity contribution in [1.82, 2.24) is 19.2 Å². The Morgan fingerprint density at radius 3 is 2.54 bits per heavy atom. The highest BCUT2D eigenvalue weighted by Crippen LogP contribution is 2.31. The molecule has 37 heavy (non-hydrogen) atoms. The molecule has 0 aliphatic carbocycles. The number of carbonyl (C=O) groups is 1. The molecule has 1 fully saturated rings. The molecule has 11 nitrogen and oxygen atoms in total. The highest BCUT2D eigenvalue weighted by molar-refractivity contribution is 14.1. The van der Waals surface area contributed by atoms with Crippen LogP contribution in [0.1, 0.15) is 10.4 Å². The Balaban J connectivity index is 1.58. The van der Waals surface area contributed by atoms with Crippen molar-refractivity contribution in [3.05, 3.63) is 57.8 Å². The van der Waals surface area contributed by atoms with E-state index in [2.05, 4.69) is 43.2 Å². The summed E-state index contributed by atoms with van der Waals surface area (Å²) >= 11 is 2.08. The first-order chi connectivity index (χ1) is 17.7. The van der Waals surface area contributed by atoms with Crippen molar-refractivity contribution in [2.75, 3.05) is 58.1 Å². The van der Waals surface area contributed by atoms with Gasteiger partial charge in [-0.05, 0) is 52.9 Å². The Labute approximate surface area is 229 Å². The third-order valence-electron chi connectivity index (χ3n) is 5.64. The summed E-state index contributed by atoms with van der Waals surface area (Å²) in [6, 6.07) is 11.8. The third kappa shape index (κ3) is 6.11. The molecule has 1 aliphatic heterocycles. The normalized spacial score (nSPS) is 13.9. The van der Waals surface area contributed by atoms with Gasteiger partial charge in [-0.25, -0.2) is 17.7 Å². The van der Waals surface area contributed by atoms with Gasteiger partial charge in [0.05, 0.1) is 35.3 Å². The summed E-state index contributed by atoms with van der Waals surface area (Å²) in [4.78, 5) is 23.6. The fourth-order valence-electron chi connectivity index (χ4n) is 3.63. The average Bonchev–Trinajstić information content (AvgIpc) is 2.91. The molecule has 1 aromatic heterocycles. The zero-order valence-corrected chi connectivity index (χ0v) is 23.5. The van der Waals surface area contributed by atoms with Gasteiger partial charge in [0.15, 0.2) is 0 Å². The standard InChI is InChI=1S/C24H27IN6O5S/c1-30(2)37(33,34)21-7-5-4-6-19(21)27-22-17(25)15-26-24(29-22)28-18-9-8-16(14-20(18)35-3)23(32)31-10-12-36-13-11-31/h4-9,14-15H,10-13H2,1-3H3,(H2,26,27,28,29). The van der Waals surface area contributed by atoms with E-state index < -0.39 is 10.0 Å². The number of para-hydroxylation sites is 1. The average molecular weight is 638 g/mol. The monoisotopic (exact) mass is 638 g/mol. The quantitative estimate of drug-likeness (QED) is 0.358. The number of nitrogens with one attached hydrogen (secondary N) is 2. The number of aromatic nitrogens is 2. The first kappa shape index (κ1) is 27.0. The number of hydrogen-bond acceptors (Lipinski definition) is 9. The zero-order valence-electron chi connectivity index (χ0n) is 20.6. The van der Waals surface area contributed by atoms with Crippen LogP contribution < -0.4 is 15.4 Å². The van der Waals surface area contributed by atoms with E-state index in [4.69, 9.17) is 9.47 Å². The van der Waals surface area contributed by atoms with Crippen LogP contribution in [0.4, 0.5) is 23.1 Å². The second-order valence-electron chi connectivity index (χ2n) is 8.24. The van der Waals surface area contributed by atoms with E-state index in [0.29, 0.717) is 58.4 Å². The van der Waals surface area contributed by atoms with Crippen LogP contribution in [0.5, 0.6) is 5.75 Å². The molecule has 0 spiro atoms. The molecule has 0 bridgehead atoms. The first-order valence-electron chi connectivity index (χ1n) is 11.3. The van der Waals surface area contributed by atoms with Crippen molar-refractivity contribution in [2.24, 2.45) is 0 Å². The molecular weight excluding hydrogens is 611 g/mol. The number of morpholine rings is 1. The van der Waals surface area contributed by atoms with Crippen LogP contribution >= 0.6 is 22.6 Å². The van der Waals surface area contributed by atoms with Crippen LogP contribution in [0.2, 0.25) is 0 Å². The maximum Gasteiger partial charge on any atom is 0.254 e. The number of anilines is 4. The molecule has 1 aliphatic rings. The van der Waals surface area contributed by atoms with Crippen molar-refractivity contribution in [3.8, 4) is 5.75 Å². The van der Waals surface area contributed by atoms with Gasteiger partial charge >= 0.3 is 0 Å². The van der Waals surface area contributed by atoms with Crippen molar-refractivity contribution in [2.45, 2.75) is 4.90 Å². The fraction of sp³-hybridized carbons (Fsp3) is 0.292. The summed E-state index contributed by atoms with van der Waals surface area (Å²) in [7, 11) is 0.812. The van der Waals surface area contributed by atoms with Crippen LogP contribution in [-0.2, 0) is 14.8 Å². The number of amides is 1. The molecular formula is C24H27IN6O5S. The molecule has 0 atom stereocenters. The fourth-order valence-corrected chi connectivity index (χ4v) is 5.07. The summed E-state index contributed by atoms with van der Waals surface area (Å²) in [6.07, 6.45) is 1.62. The number of sulfonamides is 1. The van der Waals surface area contributed by atoms with Crippen molar-refractivity contribution >= 4 is 61.7 Å². The molecule has 196 valence electrons. The molecule has 4 rings (SSSR count). The number of carbonyl (C=O) groups excluding carboxylic acids is 1. The van der Waals surface area contributed by atoms with Gasteiger partial charge in [-0.2, -0.15) is 4.98 Å². The van der Waals surface area contributed by atoms with Crippen molar-refractivity contribution in [1.29, 1.82) is 0 Å². The Hall–Kier alpha value is -3.01. The number of ether oxygens (including phenoxy) is 2. The number of halogens is 1. The van der Waals surface area contributed by atoms with E-state index in [1.807, 2.05) is 0 Å². The minimum atomic E-state index is -3.67.